The van der Waals surface area contributed by atoms with Crippen LogP contribution in [-0.4, -0.2) is 30.0 Å². The molecule has 0 saturated carbocycles. The van der Waals surface area contributed by atoms with E-state index >= 15 is 0 Å². The zero-order valence-corrected chi connectivity index (χ0v) is 11.1. The second kappa shape index (κ2) is 5.56. The molecular formula is C13H14N2O3S. The molecule has 5 nitrogen and oxygen atoms in total. The molecule has 6 heteroatoms. The van der Waals surface area contributed by atoms with E-state index in [0.717, 1.165) is 27.8 Å². The molecule has 19 heavy (non-hydrogen) atoms. The summed E-state index contributed by atoms with van der Waals surface area (Å²) in [7, 11) is 0. The number of aliphatic hydroxyl groups excluding tert-OH is 1. The Morgan fingerprint density at radius 3 is 3.11 bits per heavy atom. The van der Waals surface area contributed by atoms with Gasteiger partial charge in [-0.25, -0.2) is 4.98 Å². The molecule has 0 atom stereocenters. The summed E-state index contributed by atoms with van der Waals surface area (Å²) in [4.78, 5) is 4.56. The highest BCUT2D eigenvalue weighted by Gasteiger charge is 2.15. The minimum Gasteiger partial charge on any atom is -0.454 e. The molecule has 2 N–H and O–H groups in total. The monoisotopic (exact) mass is 278 g/mol. The van der Waals surface area contributed by atoms with Crippen molar-refractivity contribution in [1.82, 2.24) is 10.3 Å². The number of thiazole rings is 1. The SMILES string of the molecule is OCCNCc1csc(-c2ccc3c(c2)OCO3)n1. The maximum absolute atomic E-state index is 8.71. The van der Waals surface area contributed by atoms with Crippen LogP contribution < -0.4 is 14.8 Å². The lowest BCUT2D eigenvalue weighted by molar-refractivity contribution is 0.174. The molecule has 0 bridgehead atoms. The summed E-state index contributed by atoms with van der Waals surface area (Å²) in [5, 5.41) is 14.8. The van der Waals surface area contributed by atoms with E-state index < -0.39 is 0 Å². The highest BCUT2D eigenvalue weighted by molar-refractivity contribution is 7.13. The maximum Gasteiger partial charge on any atom is 0.231 e. The van der Waals surface area contributed by atoms with Crippen LogP contribution in [-0.2, 0) is 6.54 Å². The predicted molar refractivity (Wildman–Crippen MR) is 72.5 cm³/mol. The fourth-order valence-electron chi connectivity index (χ4n) is 1.85. The van der Waals surface area contributed by atoms with Crippen molar-refractivity contribution in [2.75, 3.05) is 19.9 Å². The van der Waals surface area contributed by atoms with Crippen LogP contribution in [0, 0.1) is 0 Å². The highest BCUT2D eigenvalue weighted by atomic mass is 32.1. The second-order valence-electron chi connectivity index (χ2n) is 4.11. The Hall–Kier alpha value is -1.63. The van der Waals surface area contributed by atoms with Crippen LogP contribution >= 0.6 is 11.3 Å². The van der Waals surface area contributed by atoms with Crippen molar-refractivity contribution in [1.29, 1.82) is 0 Å². The second-order valence-corrected chi connectivity index (χ2v) is 4.97. The van der Waals surface area contributed by atoms with Gasteiger partial charge in [0.25, 0.3) is 0 Å². The molecule has 0 saturated heterocycles. The summed E-state index contributed by atoms with van der Waals surface area (Å²) in [5.74, 6) is 1.55. The normalized spacial score (nSPS) is 12.9. The van der Waals surface area contributed by atoms with Gasteiger partial charge in [-0.15, -0.1) is 11.3 Å². The topological polar surface area (TPSA) is 63.6 Å². The van der Waals surface area contributed by atoms with Crippen molar-refractivity contribution in [2.24, 2.45) is 0 Å². The number of rotatable bonds is 5. The molecular weight excluding hydrogens is 264 g/mol. The van der Waals surface area contributed by atoms with Crippen LogP contribution in [0.25, 0.3) is 10.6 Å². The molecule has 0 aliphatic carbocycles. The van der Waals surface area contributed by atoms with Gasteiger partial charge in [0.05, 0.1) is 12.3 Å². The first-order valence-corrected chi connectivity index (χ1v) is 6.91. The van der Waals surface area contributed by atoms with Gasteiger partial charge in [0, 0.05) is 24.0 Å². The Morgan fingerprint density at radius 2 is 2.21 bits per heavy atom. The van der Waals surface area contributed by atoms with Gasteiger partial charge in [-0.05, 0) is 18.2 Å². The Morgan fingerprint density at radius 1 is 1.32 bits per heavy atom. The number of ether oxygens (including phenoxy) is 2. The molecule has 100 valence electrons. The number of nitrogens with zero attached hydrogens (tertiary/aromatic N) is 1. The highest BCUT2D eigenvalue weighted by Crippen LogP contribution is 2.36. The standard InChI is InChI=1S/C13H14N2O3S/c16-4-3-14-6-10-7-19-13(15-10)9-1-2-11-12(5-9)18-8-17-11/h1-2,5,7,14,16H,3-4,6,8H2. The Labute approximate surface area is 114 Å². The summed E-state index contributed by atoms with van der Waals surface area (Å²) < 4.78 is 10.6. The van der Waals surface area contributed by atoms with Crippen molar-refractivity contribution in [2.45, 2.75) is 6.54 Å². The minimum absolute atomic E-state index is 0.138. The summed E-state index contributed by atoms with van der Waals surface area (Å²) in [6, 6.07) is 5.84. The van der Waals surface area contributed by atoms with Crippen molar-refractivity contribution in [3.8, 4) is 22.1 Å². The first kappa shape index (κ1) is 12.4. The molecule has 2 aromatic rings. The summed E-state index contributed by atoms with van der Waals surface area (Å²) in [6.07, 6.45) is 0. The van der Waals surface area contributed by atoms with Gasteiger partial charge in [0.2, 0.25) is 6.79 Å². The summed E-state index contributed by atoms with van der Waals surface area (Å²) in [6.45, 7) is 1.67. The van der Waals surface area contributed by atoms with Gasteiger partial charge >= 0.3 is 0 Å². The number of fused-ring (bicyclic) bond motifs is 1. The fourth-order valence-corrected chi connectivity index (χ4v) is 2.66. The van der Waals surface area contributed by atoms with Crippen LogP contribution in [0.1, 0.15) is 5.69 Å². The fraction of sp³-hybridized carbons (Fsp3) is 0.308. The largest absolute Gasteiger partial charge is 0.454 e. The van der Waals surface area contributed by atoms with Crippen molar-refractivity contribution in [3.05, 3.63) is 29.3 Å². The molecule has 2 heterocycles. The van der Waals surface area contributed by atoms with Crippen LogP contribution in [0.5, 0.6) is 11.5 Å². The van der Waals surface area contributed by atoms with Gasteiger partial charge in [-0.3, -0.25) is 0 Å². The molecule has 0 fully saturated rings. The van der Waals surface area contributed by atoms with E-state index in [1.54, 1.807) is 11.3 Å². The van der Waals surface area contributed by atoms with Gasteiger partial charge in [-0.1, -0.05) is 0 Å². The lowest BCUT2D eigenvalue weighted by atomic mass is 10.2. The Balaban J connectivity index is 1.75. The molecule has 1 aromatic carbocycles. The first-order valence-electron chi connectivity index (χ1n) is 6.03. The molecule has 0 unspecified atom stereocenters. The van der Waals surface area contributed by atoms with E-state index in [1.165, 1.54) is 0 Å². The van der Waals surface area contributed by atoms with E-state index in [2.05, 4.69) is 10.3 Å². The molecule has 0 spiro atoms. The number of benzene rings is 1. The third-order valence-corrected chi connectivity index (χ3v) is 3.71. The van der Waals surface area contributed by atoms with Gasteiger partial charge < -0.3 is 19.9 Å². The summed E-state index contributed by atoms with van der Waals surface area (Å²) in [5.41, 5.74) is 2.01. The van der Waals surface area contributed by atoms with Crippen molar-refractivity contribution < 1.29 is 14.6 Å². The van der Waals surface area contributed by atoms with Crippen LogP contribution in [0.3, 0.4) is 0 Å². The van der Waals surface area contributed by atoms with E-state index in [1.807, 2.05) is 23.6 Å². The van der Waals surface area contributed by atoms with Crippen LogP contribution in [0.4, 0.5) is 0 Å². The van der Waals surface area contributed by atoms with E-state index in [9.17, 15) is 0 Å². The van der Waals surface area contributed by atoms with E-state index in [-0.39, 0.29) is 13.4 Å². The maximum atomic E-state index is 8.71. The molecule has 1 aromatic heterocycles. The predicted octanol–water partition coefficient (Wildman–Crippen LogP) is 1.62. The molecule has 0 radical (unpaired) electrons. The number of hydrogen-bond acceptors (Lipinski definition) is 6. The van der Waals surface area contributed by atoms with Crippen molar-refractivity contribution in [3.63, 3.8) is 0 Å². The Kier molecular flexibility index (Phi) is 3.63. The lowest BCUT2D eigenvalue weighted by Crippen LogP contribution is -2.17. The summed E-state index contributed by atoms with van der Waals surface area (Å²) >= 11 is 1.60. The van der Waals surface area contributed by atoms with Crippen LogP contribution in [0.2, 0.25) is 0 Å². The van der Waals surface area contributed by atoms with Gasteiger partial charge in [0.15, 0.2) is 11.5 Å². The minimum atomic E-state index is 0.138. The first-order chi connectivity index (χ1) is 9.36. The van der Waals surface area contributed by atoms with Crippen molar-refractivity contribution >= 4 is 11.3 Å². The van der Waals surface area contributed by atoms with Gasteiger partial charge in [0.1, 0.15) is 5.01 Å². The zero-order valence-electron chi connectivity index (χ0n) is 10.3. The van der Waals surface area contributed by atoms with E-state index in [0.29, 0.717) is 13.1 Å². The lowest BCUT2D eigenvalue weighted by Gasteiger charge is -2.00. The zero-order chi connectivity index (χ0) is 13.1. The number of aromatic nitrogens is 1. The average molecular weight is 278 g/mol. The molecule has 3 rings (SSSR count). The smallest absolute Gasteiger partial charge is 0.231 e. The molecule has 1 aliphatic heterocycles. The average Bonchev–Trinajstić information content (AvgIpc) is 3.06. The molecule has 0 amide bonds. The third kappa shape index (κ3) is 2.70. The Bertz CT molecular complexity index is 571. The van der Waals surface area contributed by atoms with Gasteiger partial charge in [-0.2, -0.15) is 0 Å². The third-order valence-electron chi connectivity index (χ3n) is 2.77. The van der Waals surface area contributed by atoms with E-state index in [4.69, 9.17) is 14.6 Å². The number of nitrogens with one attached hydrogen (secondary N) is 1. The quantitative estimate of drug-likeness (QED) is 0.814. The number of hydrogen-bond donors (Lipinski definition) is 2. The number of aliphatic hydroxyl groups is 1. The van der Waals surface area contributed by atoms with Crippen LogP contribution in [0.15, 0.2) is 23.6 Å². The molecule has 1 aliphatic rings.